The Morgan fingerprint density at radius 2 is 2.08 bits per heavy atom. The van der Waals surface area contributed by atoms with Gasteiger partial charge in [-0.1, -0.05) is 23.9 Å². The molecule has 1 amide bonds. The van der Waals surface area contributed by atoms with E-state index in [9.17, 15) is 4.79 Å². The number of benzene rings is 1. The summed E-state index contributed by atoms with van der Waals surface area (Å²) in [7, 11) is 0. The molecule has 9 heteroatoms. The fourth-order valence-electron chi connectivity index (χ4n) is 2.46. The summed E-state index contributed by atoms with van der Waals surface area (Å²) in [5.74, 6) is 0.914. The van der Waals surface area contributed by atoms with E-state index in [1.54, 1.807) is 11.8 Å². The molecule has 6 nitrogen and oxygen atoms in total. The van der Waals surface area contributed by atoms with Crippen LogP contribution in [0.15, 0.2) is 35.7 Å². The lowest BCUT2D eigenvalue weighted by atomic mass is 10.1. The van der Waals surface area contributed by atoms with Crippen LogP contribution in [0.4, 0.5) is 0 Å². The molecule has 24 heavy (non-hydrogen) atoms. The molecule has 2 N–H and O–H groups in total. The number of H-pyrrole nitrogens is 1. The lowest BCUT2D eigenvalue weighted by molar-refractivity contribution is 0.0709. The maximum atomic E-state index is 12.5. The molecule has 0 bridgehead atoms. The number of carbonyl (C=O) groups is 1. The Balaban J connectivity index is 0.00000144. The van der Waals surface area contributed by atoms with Gasteiger partial charge >= 0.3 is 0 Å². The minimum Gasteiger partial charge on any atom is -0.336 e. The molecule has 1 fully saturated rings. The molecule has 1 unspecified atom stereocenters. The summed E-state index contributed by atoms with van der Waals surface area (Å²) in [5.41, 5.74) is 1.91. The van der Waals surface area contributed by atoms with E-state index in [-0.39, 0.29) is 30.7 Å². The standard InChI is InChI=1S/C15H19N5OS.2ClH/c1-11-8-20(7-6-16-11)14(21)13-4-2-12(3-5-13)9-22-15-17-10-18-19-15;;/h2-5,10-11,16H,6-9H2,1H3,(H,17,18,19);2*1H. The van der Waals surface area contributed by atoms with Crippen molar-refractivity contribution in [2.24, 2.45) is 0 Å². The minimum absolute atomic E-state index is 0. The van der Waals surface area contributed by atoms with Gasteiger partial charge in [0.05, 0.1) is 0 Å². The van der Waals surface area contributed by atoms with Crippen molar-refractivity contribution >= 4 is 42.5 Å². The number of halogens is 2. The number of nitrogens with one attached hydrogen (secondary N) is 2. The van der Waals surface area contributed by atoms with Crippen molar-refractivity contribution in [3.63, 3.8) is 0 Å². The van der Waals surface area contributed by atoms with Gasteiger partial charge in [0.2, 0.25) is 0 Å². The van der Waals surface area contributed by atoms with Gasteiger partial charge in [0.1, 0.15) is 6.33 Å². The third kappa shape index (κ3) is 5.37. The van der Waals surface area contributed by atoms with E-state index < -0.39 is 0 Å². The third-order valence-electron chi connectivity index (χ3n) is 3.63. The van der Waals surface area contributed by atoms with E-state index in [0.29, 0.717) is 6.04 Å². The van der Waals surface area contributed by atoms with E-state index in [2.05, 4.69) is 27.4 Å². The molecule has 1 aromatic heterocycles. The van der Waals surface area contributed by atoms with Crippen molar-refractivity contribution in [2.45, 2.75) is 23.9 Å². The van der Waals surface area contributed by atoms with Gasteiger partial charge in [0, 0.05) is 37.0 Å². The highest BCUT2D eigenvalue weighted by molar-refractivity contribution is 7.98. The first kappa shape index (κ1) is 20.8. The third-order valence-corrected chi connectivity index (χ3v) is 4.57. The molecule has 0 aliphatic carbocycles. The van der Waals surface area contributed by atoms with Gasteiger partial charge in [-0.2, -0.15) is 5.10 Å². The molecule has 3 rings (SSSR count). The fourth-order valence-corrected chi connectivity index (χ4v) is 3.19. The monoisotopic (exact) mass is 389 g/mol. The second-order valence-electron chi connectivity index (χ2n) is 5.38. The SMILES string of the molecule is CC1CN(C(=O)c2ccc(CSc3ncn[nH]3)cc2)CCN1.Cl.Cl. The Labute approximate surface area is 158 Å². The molecular weight excluding hydrogens is 369 g/mol. The maximum Gasteiger partial charge on any atom is 0.253 e. The fraction of sp³-hybridized carbons (Fsp3) is 0.400. The molecule has 0 spiro atoms. The molecule has 1 atom stereocenters. The number of amides is 1. The number of aromatic amines is 1. The maximum absolute atomic E-state index is 12.5. The van der Waals surface area contributed by atoms with E-state index in [4.69, 9.17) is 0 Å². The molecule has 132 valence electrons. The predicted octanol–water partition coefficient (Wildman–Crippen LogP) is 2.37. The van der Waals surface area contributed by atoms with Crippen LogP contribution in [0, 0.1) is 0 Å². The van der Waals surface area contributed by atoms with E-state index in [1.807, 2.05) is 29.2 Å². The van der Waals surface area contributed by atoms with Gasteiger partial charge in [0.25, 0.3) is 5.91 Å². The Morgan fingerprint density at radius 1 is 1.33 bits per heavy atom. The number of carbonyl (C=O) groups excluding carboxylic acids is 1. The molecule has 2 aromatic rings. The van der Waals surface area contributed by atoms with Gasteiger partial charge in [-0.05, 0) is 24.6 Å². The van der Waals surface area contributed by atoms with Crippen molar-refractivity contribution in [2.75, 3.05) is 19.6 Å². The van der Waals surface area contributed by atoms with Crippen LogP contribution in [-0.4, -0.2) is 51.7 Å². The Kier molecular flexibility index (Phi) is 8.55. The minimum atomic E-state index is 0. The van der Waals surface area contributed by atoms with Crippen LogP contribution in [0.25, 0.3) is 0 Å². The zero-order valence-electron chi connectivity index (χ0n) is 13.3. The lowest BCUT2D eigenvalue weighted by Gasteiger charge is -2.32. The van der Waals surface area contributed by atoms with Crippen molar-refractivity contribution in [1.29, 1.82) is 0 Å². The summed E-state index contributed by atoms with van der Waals surface area (Å²) in [6, 6.07) is 8.18. The largest absolute Gasteiger partial charge is 0.336 e. The molecular formula is C15H21Cl2N5OS. The number of piperazine rings is 1. The highest BCUT2D eigenvalue weighted by atomic mass is 35.5. The molecule has 1 aliphatic heterocycles. The van der Waals surface area contributed by atoms with E-state index in [1.165, 1.54) is 6.33 Å². The van der Waals surface area contributed by atoms with E-state index in [0.717, 1.165) is 41.7 Å². The summed E-state index contributed by atoms with van der Waals surface area (Å²) in [5, 5.41) is 10.8. The van der Waals surface area contributed by atoms with Crippen LogP contribution in [0.5, 0.6) is 0 Å². The number of rotatable bonds is 4. The average Bonchev–Trinajstić information content (AvgIpc) is 3.06. The van der Waals surface area contributed by atoms with Gasteiger partial charge in [0.15, 0.2) is 5.16 Å². The van der Waals surface area contributed by atoms with Crippen molar-refractivity contribution in [3.05, 3.63) is 41.7 Å². The quantitative estimate of drug-likeness (QED) is 0.785. The second kappa shape index (κ2) is 9.88. The summed E-state index contributed by atoms with van der Waals surface area (Å²) in [6.07, 6.45) is 1.50. The van der Waals surface area contributed by atoms with Crippen LogP contribution >= 0.6 is 36.6 Å². The zero-order valence-corrected chi connectivity index (χ0v) is 15.7. The van der Waals surface area contributed by atoms with Crippen LogP contribution in [-0.2, 0) is 5.75 Å². The molecule has 1 aliphatic rings. The summed E-state index contributed by atoms with van der Waals surface area (Å²) < 4.78 is 0. The van der Waals surface area contributed by atoms with Crippen molar-refractivity contribution in [3.8, 4) is 0 Å². The van der Waals surface area contributed by atoms with Gasteiger partial charge in [-0.15, -0.1) is 24.8 Å². The number of hydrogen-bond acceptors (Lipinski definition) is 5. The van der Waals surface area contributed by atoms with Crippen molar-refractivity contribution < 1.29 is 4.79 Å². The summed E-state index contributed by atoms with van der Waals surface area (Å²) in [6.45, 7) is 4.50. The van der Waals surface area contributed by atoms with Gasteiger partial charge in [-0.25, -0.2) is 4.98 Å². The first-order chi connectivity index (χ1) is 10.7. The topological polar surface area (TPSA) is 73.9 Å². The Bertz CT molecular complexity index is 623. The smallest absolute Gasteiger partial charge is 0.253 e. The van der Waals surface area contributed by atoms with Crippen LogP contribution < -0.4 is 5.32 Å². The Hall–Kier alpha value is -1.28. The van der Waals surface area contributed by atoms with E-state index >= 15 is 0 Å². The normalized spacial score (nSPS) is 16.9. The number of hydrogen-bond donors (Lipinski definition) is 2. The first-order valence-electron chi connectivity index (χ1n) is 7.32. The molecule has 0 radical (unpaired) electrons. The molecule has 2 heterocycles. The van der Waals surface area contributed by atoms with Crippen LogP contribution in [0.1, 0.15) is 22.8 Å². The second-order valence-corrected chi connectivity index (χ2v) is 6.35. The van der Waals surface area contributed by atoms with Gasteiger partial charge < -0.3 is 10.2 Å². The Morgan fingerprint density at radius 3 is 2.71 bits per heavy atom. The predicted molar refractivity (Wildman–Crippen MR) is 100 cm³/mol. The summed E-state index contributed by atoms with van der Waals surface area (Å²) in [4.78, 5) is 18.5. The van der Waals surface area contributed by atoms with Crippen molar-refractivity contribution in [1.82, 2.24) is 25.4 Å². The molecule has 0 saturated carbocycles. The highest BCUT2D eigenvalue weighted by Gasteiger charge is 2.21. The number of aromatic nitrogens is 3. The zero-order chi connectivity index (χ0) is 15.4. The summed E-state index contributed by atoms with van der Waals surface area (Å²) >= 11 is 1.59. The number of nitrogens with zero attached hydrogens (tertiary/aromatic N) is 3. The lowest BCUT2D eigenvalue weighted by Crippen LogP contribution is -2.51. The first-order valence-corrected chi connectivity index (χ1v) is 8.30. The average molecular weight is 390 g/mol. The van der Waals surface area contributed by atoms with Crippen LogP contribution in [0.3, 0.4) is 0 Å². The van der Waals surface area contributed by atoms with Crippen LogP contribution in [0.2, 0.25) is 0 Å². The molecule has 1 saturated heterocycles. The number of thioether (sulfide) groups is 1. The van der Waals surface area contributed by atoms with Gasteiger partial charge in [-0.3, -0.25) is 9.89 Å². The molecule has 1 aromatic carbocycles. The highest BCUT2D eigenvalue weighted by Crippen LogP contribution is 2.19.